The van der Waals surface area contributed by atoms with Gasteiger partial charge in [-0.1, -0.05) is 12.1 Å². The Morgan fingerprint density at radius 2 is 1.81 bits per heavy atom. The first-order valence-corrected chi connectivity index (χ1v) is 5.05. The number of hydrogen-bond donors (Lipinski definition) is 0. The molecule has 0 aliphatic heterocycles. The molecule has 0 heterocycles. The smallest absolute Gasteiger partial charge is 0.298 e. The lowest BCUT2D eigenvalue weighted by Gasteiger charge is -2.09. The van der Waals surface area contributed by atoms with Crippen LogP contribution in [0.15, 0.2) is 24.3 Å². The SMILES string of the molecule is CC(=O)C(Cl)Cc1ccc(C(F)(F)F)cc1. The molecule has 0 aliphatic rings. The number of carbonyl (C=O) groups excluding carboxylic acids is 1. The molecule has 16 heavy (non-hydrogen) atoms. The normalized spacial score (nSPS) is 13.6. The quantitative estimate of drug-likeness (QED) is 0.751. The summed E-state index contributed by atoms with van der Waals surface area (Å²) >= 11 is 5.71. The van der Waals surface area contributed by atoms with Gasteiger partial charge in [0.1, 0.15) is 5.78 Å². The highest BCUT2D eigenvalue weighted by Crippen LogP contribution is 2.29. The summed E-state index contributed by atoms with van der Waals surface area (Å²) in [5, 5.41) is -0.684. The first-order chi connectivity index (χ1) is 7.30. The van der Waals surface area contributed by atoms with Crippen LogP contribution in [0.2, 0.25) is 0 Å². The zero-order valence-corrected chi connectivity index (χ0v) is 9.27. The van der Waals surface area contributed by atoms with Gasteiger partial charge in [-0.05, 0) is 31.0 Å². The number of hydrogen-bond acceptors (Lipinski definition) is 1. The molecule has 0 N–H and O–H groups in total. The second-order valence-corrected chi connectivity index (χ2v) is 4.00. The van der Waals surface area contributed by atoms with Gasteiger partial charge in [-0.2, -0.15) is 13.2 Å². The predicted octanol–water partition coefficient (Wildman–Crippen LogP) is 3.44. The highest BCUT2D eigenvalue weighted by atomic mass is 35.5. The van der Waals surface area contributed by atoms with Crippen molar-refractivity contribution in [3.05, 3.63) is 35.4 Å². The Morgan fingerprint density at radius 1 is 1.31 bits per heavy atom. The van der Waals surface area contributed by atoms with Crippen LogP contribution < -0.4 is 0 Å². The van der Waals surface area contributed by atoms with Crippen LogP contribution in [0.3, 0.4) is 0 Å². The Morgan fingerprint density at radius 3 is 2.19 bits per heavy atom. The molecule has 0 saturated heterocycles. The summed E-state index contributed by atoms with van der Waals surface area (Å²) in [5.41, 5.74) is -0.0894. The monoisotopic (exact) mass is 250 g/mol. The summed E-state index contributed by atoms with van der Waals surface area (Å²) in [4.78, 5) is 10.9. The van der Waals surface area contributed by atoms with Crippen molar-refractivity contribution in [2.45, 2.75) is 24.9 Å². The number of halogens is 4. The van der Waals surface area contributed by atoms with E-state index in [1.165, 1.54) is 19.1 Å². The number of carbonyl (C=O) groups is 1. The van der Waals surface area contributed by atoms with Gasteiger partial charge in [-0.3, -0.25) is 4.79 Å². The molecule has 0 radical (unpaired) electrons. The maximum absolute atomic E-state index is 12.2. The van der Waals surface area contributed by atoms with Gasteiger partial charge in [0.05, 0.1) is 10.9 Å². The first-order valence-electron chi connectivity index (χ1n) is 4.61. The maximum Gasteiger partial charge on any atom is 0.416 e. The lowest BCUT2D eigenvalue weighted by Crippen LogP contribution is -2.13. The molecule has 0 bridgehead atoms. The van der Waals surface area contributed by atoms with Crippen LogP contribution in [-0.4, -0.2) is 11.2 Å². The summed E-state index contributed by atoms with van der Waals surface area (Å²) in [7, 11) is 0. The van der Waals surface area contributed by atoms with Gasteiger partial charge >= 0.3 is 6.18 Å². The molecule has 1 aromatic rings. The fourth-order valence-corrected chi connectivity index (χ4v) is 1.36. The van der Waals surface area contributed by atoms with E-state index in [0.717, 1.165) is 12.1 Å². The number of rotatable bonds is 3. The molecule has 1 nitrogen and oxygen atoms in total. The van der Waals surface area contributed by atoms with Crippen molar-refractivity contribution in [1.82, 2.24) is 0 Å². The molecule has 1 atom stereocenters. The molecule has 5 heteroatoms. The zero-order chi connectivity index (χ0) is 12.3. The highest BCUT2D eigenvalue weighted by molar-refractivity contribution is 6.30. The zero-order valence-electron chi connectivity index (χ0n) is 8.51. The molecule has 0 aromatic heterocycles. The van der Waals surface area contributed by atoms with Crippen molar-refractivity contribution in [1.29, 1.82) is 0 Å². The van der Waals surface area contributed by atoms with Crippen molar-refractivity contribution in [3.63, 3.8) is 0 Å². The Balaban J connectivity index is 2.76. The third kappa shape index (κ3) is 3.52. The molecular weight excluding hydrogens is 241 g/mol. The first kappa shape index (κ1) is 13.0. The van der Waals surface area contributed by atoms with Crippen LogP contribution in [0.5, 0.6) is 0 Å². The van der Waals surface area contributed by atoms with Crippen LogP contribution in [-0.2, 0) is 17.4 Å². The fourth-order valence-electron chi connectivity index (χ4n) is 1.18. The van der Waals surface area contributed by atoms with Crippen LogP contribution in [0.25, 0.3) is 0 Å². The van der Waals surface area contributed by atoms with Crippen LogP contribution in [0.4, 0.5) is 13.2 Å². The van der Waals surface area contributed by atoms with E-state index in [1.807, 2.05) is 0 Å². The second kappa shape index (κ2) is 4.87. The molecule has 1 rings (SSSR count). The molecule has 0 saturated carbocycles. The largest absolute Gasteiger partial charge is 0.416 e. The van der Waals surface area contributed by atoms with E-state index < -0.39 is 17.1 Å². The number of Topliss-reactive ketones (excluding diaryl/α,β-unsaturated/α-hetero) is 1. The standard InChI is InChI=1S/C11H10ClF3O/c1-7(16)10(12)6-8-2-4-9(5-3-8)11(13,14)15/h2-5,10H,6H2,1H3. The van der Waals surface area contributed by atoms with Gasteiger partial charge in [0, 0.05) is 0 Å². The van der Waals surface area contributed by atoms with Gasteiger partial charge in [0.25, 0.3) is 0 Å². The van der Waals surface area contributed by atoms with E-state index in [4.69, 9.17) is 11.6 Å². The Bertz CT molecular complexity index is 370. The number of benzene rings is 1. The summed E-state index contributed by atoms with van der Waals surface area (Å²) in [6.45, 7) is 1.35. The van der Waals surface area contributed by atoms with E-state index in [9.17, 15) is 18.0 Å². The number of alkyl halides is 4. The van der Waals surface area contributed by atoms with E-state index in [-0.39, 0.29) is 12.2 Å². The second-order valence-electron chi connectivity index (χ2n) is 3.48. The minimum Gasteiger partial charge on any atom is -0.298 e. The summed E-state index contributed by atoms with van der Waals surface area (Å²) in [6.07, 6.45) is -4.09. The molecule has 0 fully saturated rings. The van der Waals surface area contributed by atoms with Crippen LogP contribution >= 0.6 is 11.6 Å². The van der Waals surface area contributed by atoms with Crippen LogP contribution in [0, 0.1) is 0 Å². The van der Waals surface area contributed by atoms with Crippen molar-refractivity contribution in [2.24, 2.45) is 0 Å². The van der Waals surface area contributed by atoms with Gasteiger partial charge in [0.2, 0.25) is 0 Å². The van der Waals surface area contributed by atoms with Gasteiger partial charge in [-0.15, -0.1) is 11.6 Å². The average molecular weight is 251 g/mol. The fraction of sp³-hybridized carbons (Fsp3) is 0.364. The molecule has 1 unspecified atom stereocenters. The van der Waals surface area contributed by atoms with E-state index in [2.05, 4.69) is 0 Å². The van der Waals surface area contributed by atoms with Gasteiger partial charge < -0.3 is 0 Å². The third-order valence-electron chi connectivity index (χ3n) is 2.14. The van der Waals surface area contributed by atoms with E-state index in [1.54, 1.807) is 0 Å². The summed E-state index contributed by atoms with van der Waals surface area (Å²) < 4.78 is 36.7. The molecule has 88 valence electrons. The minimum atomic E-state index is -4.33. The van der Waals surface area contributed by atoms with Crippen molar-refractivity contribution >= 4 is 17.4 Å². The number of ketones is 1. The van der Waals surface area contributed by atoms with Gasteiger partial charge in [-0.25, -0.2) is 0 Å². The molecular formula is C11H10ClF3O. The Kier molecular flexibility index (Phi) is 3.97. The van der Waals surface area contributed by atoms with E-state index in [0.29, 0.717) is 5.56 Å². The van der Waals surface area contributed by atoms with Crippen LogP contribution in [0.1, 0.15) is 18.1 Å². The average Bonchev–Trinajstić information content (AvgIpc) is 2.17. The molecule has 0 amide bonds. The lowest BCUT2D eigenvalue weighted by atomic mass is 10.1. The third-order valence-corrected chi connectivity index (χ3v) is 2.60. The maximum atomic E-state index is 12.2. The van der Waals surface area contributed by atoms with Crippen molar-refractivity contribution < 1.29 is 18.0 Å². The Hall–Kier alpha value is -1.03. The van der Waals surface area contributed by atoms with Crippen molar-refractivity contribution in [2.75, 3.05) is 0 Å². The van der Waals surface area contributed by atoms with Gasteiger partial charge in [0.15, 0.2) is 0 Å². The molecule has 0 aliphatic carbocycles. The topological polar surface area (TPSA) is 17.1 Å². The predicted molar refractivity (Wildman–Crippen MR) is 55.5 cm³/mol. The molecule has 0 spiro atoms. The van der Waals surface area contributed by atoms with Crippen molar-refractivity contribution in [3.8, 4) is 0 Å². The minimum absolute atomic E-state index is 0.193. The lowest BCUT2D eigenvalue weighted by molar-refractivity contribution is -0.137. The van der Waals surface area contributed by atoms with E-state index >= 15 is 0 Å². The highest BCUT2D eigenvalue weighted by Gasteiger charge is 2.29. The summed E-state index contributed by atoms with van der Waals surface area (Å²) in [6, 6.07) is 4.64. The Labute approximate surface area is 96.2 Å². The molecule has 1 aromatic carbocycles. The summed E-state index contributed by atoms with van der Waals surface area (Å²) in [5.74, 6) is -0.193.